The lowest BCUT2D eigenvalue weighted by Gasteiger charge is -2.12. The van der Waals surface area contributed by atoms with Crippen molar-refractivity contribution in [3.8, 4) is 5.69 Å². The number of rotatable bonds is 8. The summed E-state index contributed by atoms with van der Waals surface area (Å²) in [6.45, 7) is 8.00. The van der Waals surface area contributed by atoms with Gasteiger partial charge >= 0.3 is 0 Å². The Bertz CT molecular complexity index is 2150. The Hall–Kier alpha value is -4.52. The van der Waals surface area contributed by atoms with Gasteiger partial charge in [-0.15, -0.1) is 0 Å². The maximum atomic E-state index is 14.2. The highest BCUT2D eigenvalue weighted by atomic mass is 16.1. The molecule has 7 aromatic rings. The van der Waals surface area contributed by atoms with Crippen molar-refractivity contribution in [2.45, 2.75) is 66.0 Å². The minimum atomic E-state index is -0.0275. The Morgan fingerprint density at radius 3 is 2.24 bits per heavy atom. The standard InChI is InChI=1S/C34H34N6O/c1-4-7-8-13-20-39-29(5-2)37-32-30(34(39)41)31-33(36-26-16-11-10-15-25(26)35-31)40(32)22-18-19-28-24(21-22)23-14-9-12-17-27(23)38(28)6-3/h9-12,14-19,21H,4-8,13,20H2,1-3H3. The van der Waals surface area contributed by atoms with E-state index in [0.29, 0.717) is 35.2 Å². The molecule has 4 aromatic heterocycles. The lowest BCUT2D eigenvalue weighted by atomic mass is 10.1. The molecule has 0 radical (unpaired) electrons. The molecule has 0 saturated heterocycles. The van der Waals surface area contributed by atoms with Gasteiger partial charge in [0.05, 0.1) is 11.0 Å². The van der Waals surface area contributed by atoms with Gasteiger partial charge in [0.1, 0.15) is 16.7 Å². The largest absolute Gasteiger partial charge is 0.341 e. The summed E-state index contributed by atoms with van der Waals surface area (Å²) >= 11 is 0. The van der Waals surface area contributed by atoms with Gasteiger partial charge in [0.2, 0.25) is 0 Å². The van der Waals surface area contributed by atoms with E-state index in [2.05, 4.69) is 67.8 Å². The number of benzene rings is 3. The minimum Gasteiger partial charge on any atom is -0.341 e. The van der Waals surface area contributed by atoms with E-state index in [4.69, 9.17) is 15.0 Å². The van der Waals surface area contributed by atoms with Crippen LogP contribution in [0.1, 0.15) is 52.3 Å². The molecule has 0 spiro atoms. The van der Waals surface area contributed by atoms with Crippen molar-refractivity contribution < 1.29 is 0 Å². The van der Waals surface area contributed by atoms with Crippen LogP contribution in [-0.4, -0.2) is 28.7 Å². The summed E-state index contributed by atoms with van der Waals surface area (Å²) in [4.78, 5) is 29.5. The van der Waals surface area contributed by atoms with Crippen LogP contribution in [0, 0.1) is 0 Å². The van der Waals surface area contributed by atoms with Gasteiger partial charge in [0, 0.05) is 47.0 Å². The average Bonchev–Trinajstić information content (AvgIpc) is 3.50. The topological polar surface area (TPSA) is 70.5 Å². The van der Waals surface area contributed by atoms with Crippen LogP contribution in [-0.2, 0) is 19.5 Å². The van der Waals surface area contributed by atoms with Crippen LogP contribution in [0.3, 0.4) is 0 Å². The maximum Gasteiger partial charge on any atom is 0.265 e. The molecule has 3 aromatic carbocycles. The Kier molecular flexibility index (Phi) is 6.30. The number of aromatic nitrogens is 6. The van der Waals surface area contributed by atoms with Crippen LogP contribution in [0.25, 0.3) is 60.7 Å². The lowest BCUT2D eigenvalue weighted by molar-refractivity contribution is 0.548. The van der Waals surface area contributed by atoms with Gasteiger partial charge in [0.25, 0.3) is 5.56 Å². The minimum absolute atomic E-state index is 0.0275. The SMILES string of the molecule is CCCCCCn1c(CC)nc2c(c1=O)c1nc3ccccc3nc1n2-c1ccc2c(c1)c1ccccc1n2CC. The molecule has 206 valence electrons. The number of aryl methyl sites for hydroxylation is 2. The van der Waals surface area contributed by atoms with Crippen LogP contribution >= 0.6 is 0 Å². The zero-order chi connectivity index (χ0) is 28.1. The number of para-hydroxylation sites is 3. The van der Waals surface area contributed by atoms with Crippen molar-refractivity contribution in [2.75, 3.05) is 0 Å². The van der Waals surface area contributed by atoms with E-state index >= 15 is 0 Å². The van der Waals surface area contributed by atoms with E-state index in [1.165, 1.54) is 28.2 Å². The van der Waals surface area contributed by atoms with E-state index < -0.39 is 0 Å². The predicted molar refractivity (Wildman–Crippen MR) is 168 cm³/mol. The molecule has 0 amide bonds. The fraction of sp³-hybridized carbons (Fsp3) is 0.294. The van der Waals surface area contributed by atoms with Crippen LogP contribution in [0.4, 0.5) is 0 Å². The average molecular weight is 543 g/mol. The normalized spacial score (nSPS) is 12.1. The summed E-state index contributed by atoms with van der Waals surface area (Å²) in [6.07, 6.45) is 5.05. The van der Waals surface area contributed by atoms with Gasteiger partial charge in [-0.05, 0) is 49.7 Å². The van der Waals surface area contributed by atoms with Crippen molar-refractivity contribution in [1.82, 2.24) is 28.7 Å². The molecule has 0 unspecified atom stereocenters. The molecule has 0 aliphatic rings. The van der Waals surface area contributed by atoms with Gasteiger partial charge in [0.15, 0.2) is 11.3 Å². The van der Waals surface area contributed by atoms with Gasteiger partial charge in [-0.3, -0.25) is 13.9 Å². The Labute approximate surface area is 238 Å². The molecule has 0 bridgehead atoms. The molecule has 0 aliphatic heterocycles. The van der Waals surface area contributed by atoms with E-state index in [9.17, 15) is 4.79 Å². The summed E-state index contributed by atoms with van der Waals surface area (Å²) in [5, 5.41) is 2.92. The van der Waals surface area contributed by atoms with Crippen molar-refractivity contribution in [2.24, 2.45) is 0 Å². The summed E-state index contributed by atoms with van der Waals surface area (Å²) < 4.78 is 6.26. The molecule has 41 heavy (non-hydrogen) atoms. The van der Waals surface area contributed by atoms with E-state index in [1.54, 1.807) is 0 Å². The van der Waals surface area contributed by atoms with Crippen LogP contribution < -0.4 is 5.56 Å². The molecular formula is C34H34N6O. The fourth-order valence-corrected chi connectivity index (χ4v) is 6.33. The van der Waals surface area contributed by atoms with Crippen molar-refractivity contribution in [3.05, 3.63) is 82.9 Å². The molecule has 0 aliphatic carbocycles. The van der Waals surface area contributed by atoms with Crippen LogP contribution in [0.5, 0.6) is 0 Å². The van der Waals surface area contributed by atoms with Gasteiger partial charge in [-0.25, -0.2) is 15.0 Å². The third kappa shape index (κ3) is 3.94. The zero-order valence-electron chi connectivity index (χ0n) is 23.9. The van der Waals surface area contributed by atoms with Gasteiger partial charge in [-0.2, -0.15) is 0 Å². The number of hydrogen-bond donors (Lipinski definition) is 0. The van der Waals surface area contributed by atoms with E-state index in [1.807, 2.05) is 33.4 Å². The second kappa shape index (κ2) is 10.1. The third-order valence-corrected chi connectivity index (χ3v) is 8.32. The van der Waals surface area contributed by atoms with Crippen LogP contribution in [0.15, 0.2) is 71.5 Å². The molecule has 0 atom stereocenters. The zero-order valence-corrected chi connectivity index (χ0v) is 23.9. The quantitative estimate of drug-likeness (QED) is 0.186. The summed E-state index contributed by atoms with van der Waals surface area (Å²) in [7, 11) is 0. The number of nitrogens with zero attached hydrogens (tertiary/aromatic N) is 6. The first-order chi connectivity index (χ1) is 20.1. The molecule has 0 saturated carbocycles. The lowest BCUT2D eigenvalue weighted by Crippen LogP contribution is -2.25. The molecule has 0 N–H and O–H groups in total. The maximum absolute atomic E-state index is 14.2. The fourth-order valence-electron chi connectivity index (χ4n) is 6.33. The molecule has 7 rings (SSSR count). The first-order valence-corrected chi connectivity index (χ1v) is 14.9. The Morgan fingerprint density at radius 1 is 0.707 bits per heavy atom. The van der Waals surface area contributed by atoms with Crippen molar-refractivity contribution in [3.63, 3.8) is 0 Å². The highest BCUT2D eigenvalue weighted by molar-refractivity contribution is 6.10. The summed E-state index contributed by atoms with van der Waals surface area (Å²) in [6, 6.07) is 22.9. The van der Waals surface area contributed by atoms with Crippen molar-refractivity contribution in [1.29, 1.82) is 0 Å². The monoisotopic (exact) mass is 542 g/mol. The highest BCUT2D eigenvalue weighted by Gasteiger charge is 2.23. The van der Waals surface area contributed by atoms with Gasteiger partial charge < -0.3 is 4.57 Å². The van der Waals surface area contributed by atoms with Crippen molar-refractivity contribution >= 4 is 55.0 Å². The Morgan fingerprint density at radius 2 is 1.46 bits per heavy atom. The van der Waals surface area contributed by atoms with Gasteiger partial charge in [-0.1, -0.05) is 63.4 Å². The third-order valence-electron chi connectivity index (χ3n) is 8.32. The molecule has 7 nitrogen and oxygen atoms in total. The Balaban J connectivity index is 1.56. The summed E-state index contributed by atoms with van der Waals surface area (Å²) in [5.74, 6) is 0.802. The number of fused-ring (bicyclic) bond motifs is 7. The summed E-state index contributed by atoms with van der Waals surface area (Å²) in [5.41, 5.74) is 6.76. The first-order valence-electron chi connectivity index (χ1n) is 14.9. The second-order valence-electron chi connectivity index (χ2n) is 10.8. The van der Waals surface area contributed by atoms with E-state index in [0.717, 1.165) is 48.4 Å². The first kappa shape index (κ1) is 25.4. The molecule has 0 fully saturated rings. The number of hydrogen-bond acceptors (Lipinski definition) is 4. The molecule has 7 heteroatoms. The van der Waals surface area contributed by atoms with Crippen LogP contribution in [0.2, 0.25) is 0 Å². The predicted octanol–water partition coefficient (Wildman–Crippen LogP) is 7.55. The number of unbranched alkanes of at least 4 members (excludes halogenated alkanes) is 3. The second-order valence-corrected chi connectivity index (χ2v) is 10.8. The highest BCUT2D eigenvalue weighted by Crippen LogP contribution is 2.34. The smallest absolute Gasteiger partial charge is 0.265 e. The van der Waals surface area contributed by atoms with E-state index in [-0.39, 0.29) is 5.56 Å². The molecular weight excluding hydrogens is 508 g/mol. The molecule has 4 heterocycles.